The van der Waals surface area contributed by atoms with Crippen molar-refractivity contribution in [1.82, 2.24) is 4.98 Å². The van der Waals surface area contributed by atoms with Gasteiger partial charge in [0.1, 0.15) is 0 Å². The fraction of sp³-hybridized carbons (Fsp3) is 0.0833. The molecule has 2 aromatic rings. The van der Waals surface area contributed by atoms with E-state index in [0.717, 1.165) is 11.3 Å². The number of hydrogen-bond acceptors (Lipinski definition) is 1. The monoisotopic (exact) mass is 219 g/mol. The SMILES string of the molecule is CC(=O)c1ccc(-c2ccc[nH]2)cc1Cl. The number of Topliss-reactive ketones (excluding diaryl/α,β-unsaturated/α-hetero) is 1. The predicted octanol–water partition coefficient (Wildman–Crippen LogP) is 3.54. The van der Waals surface area contributed by atoms with E-state index in [0.29, 0.717) is 10.6 Å². The maximum absolute atomic E-state index is 11.2. The highest BCUT2D eigenvalue weighted by Crippen LogP contribution is 2.24. The topological polar surface area (TPSA) is 32.9 Å². The Morgan fingerprint density at radius 1 is 1.33 bits per heavy atom. The first-order valence-electron chi connectivity index (χ1n) is 4.63. The van der Waals surface area contributed by atoms with Crippen LogP contribution in [0.2, 0.25) is 5.02 Å². The van der Waals surface area contributed by atoms with Gasteiger partial charge in [-0.2, -0.15) is 0 Å². The molecule has 0 saturated heterocycles. The van der Waals surface area contributed by atoms with E-state index in [1.165, 1.54) is 6.92 Å². The summed E-state index contributed by atoms with van der Waals surface area (Å²) < 4.78 is 0. The van der Waals surface area contributed by atoms with Gasteiger partial charge in [-0.05, 0) is 36.8 Å². The molecule has 0 aliphatic carbocycles. The van der Waals surface area contributed by atoms with Crippen molar-refractivity contribution < 1.29 is 4.79 Å². The molecule has 1 aromatic carbocycles. The highest BCUT2D eigenvalue weighted by molar-refractivity contribution is 6.34. The quantitative estimate of drug-likeness (QED) is 0.770. The molecule has 0 aliphatic rings. The van der Waals surface area contributed by atoms with Crippen molar-refractivity contribution in [3.05, 3.63) is 47.1 Å². The number of halogens is 1. The van der Waals surface area contributed by atoms with Gasteiger partial charge in [0.15, 0.2) is 5.78 Å². The van der Waals surface area contributed by atoms with E-state index in [1.807, 2.05) is 24.4 Å². The third-order valence-corrected chi connectivity index (χ3v) is 2.57. The molecule has 3 heteroatoms. The van der Waals surface area contributed by atoms with Crippen molar-refractivity contribution in [2.75, 3.05) is 0 Å². The Labute approximate surface area is 92.9 Å². The van der Waals surface area contributed by atoms with Crippen LogP contribution in [0.15, 0.2) is 36.5 Å². The summed E-state index contributed by atoms with van der Waals surface area (Å²) in [7, 11) is 0. The highest BCUT2D eigenvalue weighted by Gasteiger charge is 2.07. The van der Waals surface area contributed by atoms with E-state index in [9.17, 15) is 4.79 Å². The molecule has 0 radical (unpaired) electrons. The lowest BCUT2D eigenvalue weighted by atomic mass is 10.1. The van der Waals surface area contributed by atoms with Gasteiger partial charge in [0.05, 0.1) is 5.02 Å². The van der Waals surface area contributed by atoms with Gasteiger partial charge >= 0.3 is 0 Å². The minimum Gasteiger partial charge on any atom is -0.361 e. The number of rotatable bonds is 2. The number of aromatic amines is 1. The molecular weight excluding hydrogens is 210 g/mol. The van der Waals surface area contributed by atoms with Crippen LogP contribution in [0.4, 0.5) is 0 Å². The summed E-state index contributed by atoms with van der Waals surface area (Å²) in [5, 5.41) is 0.495. The Balaban J connectivity index is 2.47. The zero-order valence-corrected chi connectivity index (χ0v) is 9.01. The van der Waals surface area contributed by atoms with Crippen molar-refractivity contribution >= 4 is 17.4 Å². The highest BCUT2D eigenvalue weighted by atomic mass is 35.5. The lowest BCUT2D eigenvalue weighted by Crippen LogP contribution is -1.93. The van der Waals surface area contributed by atoms with Crippen molar-refractivity contribution in [2.45, 2.75) is 6.92 Å². The summed E-state index contributed by atoms with van der Waals surface area (Å²) in [6.45, 7) is 1.51. The van der Waals surface area contributed by atoms with Crippen molar-refractivity contribution in [3.63, 3.8) is 0 Å². The standard InChI is InChI=1S/C12H10ClNO/c1-8(15)10-5-4-9(7-11(10)13)12-3-2-6-14-12/h2-7,14H,1H3. The van der Waals surface area contributed by atoms with E-state index in [-0.39, 0.29) is 5.78 Å². The van der Waals surface area contributed by atoms with Crippen LogP contribution in [-0.4, -0.2) is 10.8 Å². The molecule has 0 fully saturated rings. The van der Waals surface area contributed by atoms with Gasteiger partial charge < -0.3 is 4.98 Å². The Kier molecular flexibility index (Phi) is 2.60. The fourth-order valence-electron chi connectivity index (χ4n) is 1.48. The molecule has 0 bridgehead atoms. The van der Waals surface area contributed by atoms with Gasteiger partial charge in [-0.25, -0.2) is 0 Å². The fourth-order valence-corrected chi connectivity index (χ4v) is 1.79. The first kappa shape index (κ1) is 9.99. The van der Waals surface area contributed by atoms with Crippen LogP contribution in [0.3, 0.4) is 0 Å². The second-order valence-corrected chi connectivity index (χ2v) is 3.74. The molecule has 0 atom stereocenters. The zero-order chi connectivity index (χ0) is 10.8. The van der Waals surface area contributed by atoms with E-state index in [1.54, 1.807) is 12.1 Å². The van der Waals surface area contributed by atoms with Gasteiger partial charge in [0.25, 0.3) is 0 Å². The first-order valence-corrected chi connectivity index (χ1v) is 5.00. The summed E-state index contributed by atoms with van der Waals surface area (Å²) in [6, 6.07) is 9.31. The minimum absolute atomic E-state index is 0.0157. The lowest BCUT2D eigenvalue weighted by Gasteiger charge is -2.03. The average Bonchev–Trinajstić information content (AvgIpc) is 2.69. The van der Waals surface area contributed by atoms with E-state index in [2.05, 4.69) is 4.98 Å². The second-order valence-electron chi connectivity index (χ2n) is 3.33. The molecule has 0 spiro atoms. The van der Waals surface area contributed by atoms with Gasteiger partial charge in [0.2, 0.25) is 0 Å². The largest absolute Gasteiger partial charge is 0.361 e. The lowest BCUT2D eigenvalue weighted by molar-refractivity contribution is 0.101. The Hall–Kier alpha value is -1.54. The van der Waals surface area contributed by atoms with Gasteiger partial charge in [-0.15, -0.1) is 0 Å². The molecule has 1 heterocycles. The normalized spacial score (nSPS) is 10.3. The van der Waals surface area contributed by atoms with Crippen LogP contribution in [0.5, 0.6) is 0 Å². The Morgan fingerprint density at radius 3 is 2.67 bits per heavy atom. The van der Waals surface area contributed by atoms with Crippen LogP contribution in [0, 0.1) is 0 Å². The van der Waals surface area contributed by atoms with E-state index in [4.69, 9.17) is 11.6 Å². The summed E-state index contributed by atoms with van der Waals surface area (Å²) in [5.74, 6) is -0.0157. The third kappa shape index (κ3) is 1.95. The summed E-state index contributed by atoms with van der Waals surface area (Å²) in [5.41, 5.74) is 2.54. The number of ketones is 1. The van der Waals surface area contributed by atoms with Crippen LogP contribution in [0.1, 0.15) is 17.3 Å². The van der Waals surface area contributed by atoms with E-state index >= 15 is 0 Å². The van der Waals surface area contributed by atoms with Crippen LogP contribution in [-0.2, 0) is 0 Å². The molecular formula is C12H10ClNO. The van der Waals surface area contributed by atoms with Crippen molar-refractivity contribution in [3.8, 4) is 11.3 Å². The number of benzene rings is 1. The summed E-state index contributed by atoms with van der Waals surface area (Å²) >= 11 is 6.01. The molecule has 0 aliphatic heterocycles. The molecule has 2 rings (SSSR count). The third-order valence-electron chi connectivity index (χ3n) is 2.26. The van der Waals surface area contributed by atoms with Crippen LogP contribution < -0.4 is 0 Å². The first-order chi connectivity index (χ1) is 7.18. The van der Waals surface area contributed by atoms with Crippen molar-refractivity contribution in [2.24, 2.45) is 0 Å². The Morgan fingerprint density at radius 2 is 2.13 bits per heavy atom. The molecule has 1 aromatic heterocycles. The second kappa shape index (κ2) is 3.91. The number of hydrogen-bond donors (Lipinski definition) is 1. The Bertz CT molecular complexity index is 488. The summed E-state index contributed by atoms with van der Waals surface area (Å²) in [4.78, 5) is 14.3. The predicted molar refractivity (Wildman–Crippen MR) is 61.2 cm³/mol. The van der Waals surface area contributed by atoms with Crippen LogP contribution >= 0.6 is 11.6 Å². The average molecular weight is 220 g/mol. The molecule has 1 N–H and O–H groups in total. The molecule has 76 valence electrons. The van der Waals surface area contributed by atoms with Gasteiger partial charge in [-0.1, -0.05) is 17.7 Å². The van der Waals surface area contributed by atoms with Crippen LogP contribution in [0.25, 0.3) is 11.3 Å². The number of nitrogens with one attached hydrogen (secondary N) is 1. The molecule has 0 saturated carbocycles. The van der Waals surface area contributed by atoms with Gasteiger partial charge in [-0.3, -0.25) is 4.79 Å². The maximum Gasteiger partial charge on any atom is 0.161 e. The zero-order valence-electron chi connectivity index (χ0n) is 8.25. The smallest absolute Gasteiger partial charge is 0.161 e. The number of H-pyrrole nitrogens is 1. The minimum atomic E-state index is -0.0157. The van der Waals surface area contributed by atoms with Gasteiger partial charge in [0, 0.05) is 17.5 Å². The molecule has 15 heavy (non-hydrogen) atoms. The number of aromatic nitrogens is 1. The number of carbonyl (C=O) groups is 1. The molecule has 0 amide bonds. The molecule has 0 unspecified atom stereocenters. The van der Waals surface area contributed by atoms with E-state index < -0.39 is 0 Å². The maximum atomic E-state index is 11.2. The van der Waals surface area contributed by atoms with Crippen molar-refractivity contribution in [1.29, 1.82) is 0 Å². The number of carbonyl (C=O) groups excluding carboxylic acids is 1. The summed E-state index contributed by atoms with van der Waals surface area (Å²) in [6.07, 6.45) is 1.85. The molecule has 2 nitrogen and oxygen atoms in total.